The van der Waals surface area contributed by atoms with Crippen LogP contribution in [0, 0.1) is 18.7 Å². The van der Waals surface area contributed by atoms with Gasteiger partial charge >= 0.3 is 0 Å². The fraction of sp³-hybridized carbons (Fsp3) is 0.292. The van der Waals surface area contributed by atoms with Crippen LogP contribution in [0.1, 0.15) is 24.0 Å². The molecule has 1 aliphatic rings. The van der Waals surface area contributed by atoms with E-state index in [1.165, 1.54) is 17.7 Å². The monoisotopic (exact) mass is 404 g/mol. The molecule has 0 spiro atoms. The summed E-state index contributed by atoms with van der Waals surface area (Å²) in [7, 11) is 0. The average Bonchev–Trinajstić information content (AvgIpc) is 2.79. The first kappa shape index (κ1) is 20.0. The molecule has 0 aliphatic carbocycles. The van der Waals surface area contributed by atoms with Crippen LogP contribution in [-0.2, 0) is 11.3 Å². The number of anilines is 1. The van der Waals surface area contributed by atoms with Gasteiger partial charge in [-0.05, 0) is 61.2 Å². The van der Waals surface area contributed by atoms with Crippen molar-refractivity contribution in [1.29, 1.82) is 0 Å². The molecule has 154 valence electrons. The van der Waals surface area contributed by atoms with Crippen LogP contribution in [-0.4, -0.2) is 29.0 Å². The molecule has 1 aromatic heterocycles. The summed E-state index contributed by atoms with van der Waals surface area (Å²) in [4.78, 5) is 23.9. The van der Waals surface area contributed by atoms with Crippen molar-refractivity contribution in [3.05, 3.63) is 77.7 Å². The highest BCUT2D eigenvalue weighted by Gasteiger charge is 2.26. The van der Waals surface area contributed by atoms with Gasteiger partial charge in [0.25, 0.3) is 0 Å². The highest BCUT2D eigenvalue weighted by molar-refractivity contribution is 5.79. The second-order valence-corrected chi connectivity index (χ2v) is 7.67. The number of hydrogen-bond donors (Lipinski definition) is 1. The van der Waals surface area contributed by atoms with Gasteiger partial charge in [-0.15, -0.1) is 0 Å². The lowest BCUT2D eigenvalue weighted by Crippen LogP contribution is -2.43. The molecule has 0 unspecified atom stereocenters. The van der Waals surface area contributed by atoms with E-state index >= 15 is 0 Å². The average molecular weight is 404 g/mol. The number of piperidine rings is 1. The summed E-state index contributed by atoms with van der Waals surface area (Å²) in [6.45, 7) is 4.07. The Morgan fingerprint density at radius 1 is 1.17 bits per heavy atom. The Hall–Kier alpha value is -3.28. The first-order valence-corrected chi connectivity index (χ1v) is 10.3. The minimum atomic E-state index is -0.287. The van der Waals surface area contributed by atoms with Crippen LogP contribution in [0.3, 0.4) is 0 Å². The largest absolute Gasteiger partial charge is 0.356 e. The molecule has 30 heavy (non-hydrogen) atoms. The molecule has 0 bridgehead atoms. The lowest BCUT2D eigenvalue weighted by molar-refractivity contribution is -0.125. The highest BCUT2D eigenvalue weighted by atomic mass is 19.1. The third kappa shape index (κ3) is 4.64. The van der Waals surface area contributed by atoms with E-state index in [1.54, 1.807) is 18.3 Å². The number of amides is 1. The molecule has 1 saturated heterocycles. The molecule has 2 heterocycles. The van der Waals surface area contributed by atoms with Crippen LogP contribution in [0.2, 0.25) is 0 Å². The van der Waals surface area contributed by atoms with E-state index in [1.807, 2.05) is 24.3 Å². The minimum absolute atomic E-state index is 0.0768. The van der Waals surface area contributed by atoms with Gasteiger partial charge in [-0.1, -0.05) is 24.3 Å². The normalized spacial score (nSPS) is 16.3. The SMILES string of the molecule is Cc1ccccc1CNC(=O)[C@@H]1CCCN(c2ccnc(-c3ccc(F)cc3)n2)C1. The first-order chi connectivity index (χ1) is 14.6. The van der Waals surface area contributed by atoms with E-state index in [2.05, 4.69) is 33.2 Å². The molecule has 1 fully saturated rings. The Bertz CT molecular complexity index is 1020. The van der Waals surface area contributed by atoms with Gasteiger partial charge in [0, 0.05) is 31.4 Å². The summed E-state index contributed by atoms with van der Waals surface area (Å²) >= 11 is 0. The third-order valence-corrected chi connectivity index (χ3v) is 5.57. The maximum atomic E-state index is 13.2. The van der Waals surface area contributed by atoms with Gasteiger partial charge < -0.3 is 10.2 Å². The van der Waals surface area contributed by atoms with Gasteiger partial charge in [-0.25, -0.2) is 14.4 Å². The summed E-state index contributed by atoms with van der Waals surface area (Å²) in [5.41, 5.74) is 3.08. The zero-order chi connectivity index (χ0) is 20.9. The number of carbonyl (C=O) groups excluding carboxylic acids is 1. The topological polar surface area (TPSA) is 58.1 Å². The summed E-state index contributed by atoms with van der Waals surface area (Å²) in [5.74, 6) is 1.06. The number of hydrogen-bond acceptors (Lipinski definition) is 4. The molecule has 0 saturated carbocycles. The van der Waals surface area contributed by atoms with E-state index in [9.17, 15) is 9.18 Å². The number of halogens is 1. The Labute approximate surface area is 176 Å². The molecule has 1 N–H and O–H groups in total. The van der Waals surface area contributed by atoms with E-state index < -0.39 is 0 Å². The van der Waals surface area contributed by atoms with Crippen molar-refractivity contribution in [2.75, 3.05) is 18.0 Å². The molecule has 5 nitrogen and oxygen atoms in total. The summed E-state index contributed by atoms with van der Waals surface area (Å²) in [5, 5.41) is 3.09. The van der Waals surface area contributed by atoms with Crippen LogP contribution in [0.5, 0.6) is 0 Å². The molecule has 0 radical (unpaired) electrons. The second kappa shape index (κ2) is 9.03. The van der Waals surface area contributed by atoms with Crippen LogP contribution in [0.25, 0.3) is 11.4 Å². The number of aryl methyl sites for hydroxylation is 1. The summed E-state index contributed by atoms with van der Waals surface area (Å²) in [6, 6.07) is 16.1. The van der Waals surface area contributed by atoms with E-state index in [0.29, 0.717) is 18.9 Å². The molecular formula is C24H25FN4O. The maximum absolute atomic E-state index is 13.2. The fourth-order valence-electron chi connectivity index (χ4n) is 3.80. The van der Waals surface area contributed by atoms with Crippen molar-refractivity contribution in [2.45, 2.75) is 26.3 Å². The molecule has 4 rings (SSSR count). The minimum Gasteiger partial charge on any atom is -0.356 e. The van der Waals surface area contributed by atoms with Crippen LogP contribution >= 0.6 is 0 Å². The quantitative estimate of drug-likeness (QED) is 0.695. The van der Waals surface area contributed by atoms with Crippen molar-refractivity contribution in [2.24, 2.45) is 5.92 Å². The summed E-state index contributed by atoms with van der Waals surface area (Å²) in [6.07, 6.45) is 3.51. The van der Waals surface area contributed by atoms with Crippen LogP contribution in [0.15, 0.2) is 60.8 Å². The number of benzene rings is 2. The molecule has 6 heteroatoms. The smallest absolute Gasteiger partial charge is 0.225 e. The number of aromatic nitrogens is 2. The van der Waals surface area contributed by atoms with E-state index in [-0.39, 0.29) is 17.6 Å². The molecule has 1 aliphatic heterocycles. The highest BCUT2D eigenvalue weighted by Crippen LogP contribution is 2.24. The maximum Gasteiger partial charge on any atom is 0.225 e. The van der Waals surface area contributed by atoms with Gasteiger partial charge in [0.15, 0.2) is 5.82 Å². The van der Waals surface area contributed by atoms with Crippen molar-refractivity contribution in [3.63, 3.8) is 0 Å². The van der Waals surface area contributed by atoms with Crippen LogP contribution < -0.4 is 10.2 Å². The molecule has 2 aromatic carbocycles. The van der Waals surface area contributed by atoms with Gasteiger partial charge in [0.05, 0.1) is 5.92 Å². The number of nitrogens with zero attached hydrogens (tertiary/aromatic N) is 3. The van der Waals surface area contributed by atoms with E-state index in [0.717, 1.165) is 36.3 Å². The van der Waals surface area contributed by atoms with Gasteiger partial charge in [0.1, 0.15) is 11.6 Å². The lowest BCUT2D eigenvalue weighted by Gasteiger charge is -2.33. The standard InChI is InChI=1S/C24H25FN4O/c1-17-5-2-3-6-19(17)15-27-24(30)20-7-4-14-29(16-20)22-12-13-26-23(28-22)18-8-10-21(25)11-9-18/h2-3,5-6,8-13,20H,4,7,14-16H2,1H3,(H,27,30)/t20-/m1/s1. The fourth-order valence-corrected chi connectivity index (χ4v) is 3.80. The third-order valence-electron chi connectivity index (χ3n) is 5.57. The first-order valence-electron chi connectivity index (χ1n) is 10.3. The number of nitrogens with one attached hydrogen (secondary N) is 1. The van der Waals surface area contributed by atoms with Gasteiger partial charge in [-0.3, -0.25) is 4.79 Å². The predicted octanol–water partition coefficient (Wildman–Crippen LogP) is 4.12. The van der Waals surface area contributed by atoms with Crippen LogP contribution in [0.4, 0.5) is 10.2 Å². The molecule has 3 aromatic rings. The lowest BCUT2D eigenvalue weighted by atomic mass is 9.97. The zero-order valence-electron chi connectivity index (χ0n) is 17.0. The Morgan fingerprint density at radius 2 is 1.97 bits per heavy atom. The summed E-state index contributed by atoms with van der Waals surface area (Å²) < 4.78 is 13.2. The molecular weight excluding hydrogens is 379 g/mol. The van der Waals surface area contributed by atoms with Gasteiger partial charge in [0.2, 0.25) is 5.91 Å². The number of carbonyl (C=O) groups is 1. The zero-order valence-corrected chi connectivity index (χ0v) is 17.0. The predicted molar refractivity (Wildman–Crippen MR) is 115 cm³/mol. The number of rotatable bonds is 5. The van der Waals surface area contributed by atoms with Crippen molar-refractivity contribution >= 4 is 11.7 Å². The van der Waals surface area contributed by atoms with Crippen molar-refractivity contribution in [1.82, 2.24) is 15.3 Å². The Balaban J connectivity index is 1.42. The Kier molecular flexibility index (Phi) is 6.02. The van der Waals surface area contributed by atoms with Gasteiger partial charge in [-0.2, -0.15) is 0 Å². The van der Waals surface area contributed by atoms with E-state index in [4.69, 9.17) is 0 Å². The van der Waals surface area contributed by atoms with Crippen molar-refractivity contribution in [3.8, 4) is 11.4 Å². The molecule has 1 atom stereocenters. The Morgan fingerprint density at radius 3 is 2.77 bits per heavy atom. The van der Waals surface area contributed by atoms with Crippen molar-refractivity contribution < 1.29 is 9.18 Å². The molecule has 1 amide bonds. The second-order valence-electron chi connectivity index (χ2n) is 7.67.